The molecule has 1 amide bonds. The Labute approximate surface area is 107 Å². The van der Waals surface area contributed by atoms with Gasteiger partial charge in [0.05, 0.1) is 0 Å². The van der Waals surface area contributed by atoms with E-state index in [-0.39, 0.29) is 11.4 Å². The molecule has 0 bridgehead atoms. The summed E-state index contributed by atoms with van der Waals surface area (Å²) < 4.78 is 0. The molecule has 1 heterocycles. The van der Waals surface area contributed by atoms with Gasteiger partial charge in [-0.2, -0.15) is 0 Å². The lowest BCUT2D eigenvalue weighted by atomic mass is 9.76. The van der Waals surface area contributed by atoms with Crippen molar-refractivity contribution in [2.45, 2.75) is 0 Å². The molecule has 1 saturated heterocycles. The van der Waals surface area contributed by atoms with Gasteiger partial charge in [-0.3, -0.25) is 4.79 Å². The lowest BCUT2D eigenvalue weighted by Gasteiger charge is -2.32. The van der Waals surface area contributed by atoms with Crippen LogP contribution in [0.2, 0.25) is 0 Å². The van der Waals surface area contributed by atoms with Crippen LogP contribution in [-0.4, -0.2) is 66.1 Å². The van der Waals surface area contributed by atoms with Gasteiger partial charge in [0.25, 0.3) is 5.91 Å². The molecule has 2 rings (SSSR count). The lowest BCUT2D eigenvalue weighted by Crippen LogP contribution is -2.49. The number of rotatable bonds is 2. The highest BCUT2D eigenvalue weighted by atomic mass is 16.4. The molecule has 1 aromatic rings. The maximum atomic E-state index is 12.3. The summed E-state index contributed by atoms with van der Waals surface area (Å²) in [6.45, 7) is 3.03. The second-order valence-electron chi connectivity index (χ2n) is 4.56. The second-order valence-corrected chi connectivity index (χ2v) is 4.56. The predicted octanol–water partition coefficient (Wildman–Crippen LogP) is -1.25. The van der Waals surface area contributed by atoms with E-state index in [0.29, 0.717) is 18.7 Å². The molecule has 5 nitrogen and oxygen atoms in total. The smallest absolute Gasteiger partial charge is 0.423 e. The summed E-state index contributed by atoms with van der Waals surface area (Å²) in [6.07, 6.45) is 0. The third-order valence-electron chi connectivity index (χ3n) is 3.26. The van der Waals surface area contributed by atoms with Crippen molar-refractivity contribution in [2.75, 3.05) is 33.2 Å². The number of hydrogen-bond acceptors (Lipinski definition) is 4. The summed E-state index contributed by atoms with van der Waals surface area (Å²) >= 11 is 0. The first-order chi connectivity index (χ1) is 8.59. The molecule has 96 valence electrons. The van der Waals surface area contributed by atoms with Crippen molar-refractivity contribution in [1.82, 2.24) is 9.80 Å². The third kappa shape index (κ3) is 2.72. The van der Waals surface area contributed by atoms with Crippen molar-refractivity contribution >= 4 is 18.5 Å². The van der Waals surface area contributed by atoms with E-state index in [1.807, 2.05) is 7.05 Å². The molecule has 1 aromatic carbocycles. The molecule has 6 heteroatoms. The number of amides is 1. The zero-order valence-corrected chi connectivity index (χ0v) is 10.4. The van der Waals surface area contributed by atoms with E-state index >= 15 is 0 Å². The topological polar surface area (TPSA) is 64.0 Å². The van der Waals surface area contributed by atoms with Gasteiger partial charge in [0.15, 0.2) is 0 Å². The molecule has 0 spiro atoms. The van der Waals surface area contributed by atoms with Crippen LogP contribution in [0, 0.1) is 0 Å². The third-order valence-corrected chi connectivity index (χ3v) is 3.26. The van der Waals surface area contributed by atoms with Gasteiger partial charge in [-0.05, 0) is 18.6 Å². The van der Waals surface area contributed by atoms with Crippen molar-refractivity contribution in [2.24, 2.45) is 0 Å². The van der Waals surface area contributed by atoms with E-state index in [2.05, 4.69) is 4.90 Å². The average molecular weight is 248 g/mol. The summed E-state index contributed by atoms with van der Waals surface area (Å²) in [5, 5.41) is 18.5. The van der Waals surface area contributed by atoms with E-state index < -0.39 is 7.12 Å². The summed E-state index contributed by atoms with van der Waals surface area (Å²) in [5.74, 6) is -0.133. The Hall–Kier alpha value is -1.37. The number of benzene rings is 1. The number of piperazine rings is 1. The van der Waals surface area contributed by atoms with Crippen LogP contribution in [-0.2, 0) is 0 Å². The van der Waals surface area contributed by atoms with Crippen LogP contribution >= 0.6 is 0 Å². The van der Waals surface area contributed by atoms with Crippen LogP contribution in [0.5, 0.6) is 0 Å². The van der Waals surface area contributed by atoms with Crippen LogP contribution in [0.1, 0.15) is 10.4 Å². The molecule has 0 aromatic heterocycles. The molecule has 1 aliphatic rings. The van der Waals surface area contributed by atoms with Crippen LogP contribution in [0.3, 0.4) is 0 Å². The molecule has 2 N–H and O–H groups in total. The van der Waals surface area contributed by atoms with E-state index in [9.17, 15) is 14.8 Å². The molecule has 0 radical (unpaired) electrons. The van der Waals surface area contributed by atoms with Crippen molar-refractivity contribution in [3.8, 4) is 0 Å². The number of hydrogen-bond donors (Lipinski definition) is 2. The van der Waals surface area contributed by atoms with Gasteiger partial charge in [0, 0.05) is 31.7 Å². The molecule has 0 atom stereocenters. The Morgan fingerprint density at radius 3 is 2.39 bits per heavy atom. The van der Waals surface area contributed by atoms with E-state index in [4.69, 9.17) is 0 Å². The Balaban J connectivity index is 2.18. The predicted molar refractivity (Wildman–Crippen MR) is 69.7 cm³/mol. The minimum atomic E-state index is -1.61. The summed E-state index contributed by atoms with van der Waals surface area (Å²) in [7, 11) is 0.408. The highest BCUT2D eigenvalue weighted by Gasteiger charge is 2.25. The number of carbonyl (C=O) groups excluding carboxylic acids is 1. The van der Waals surface area contributed by atoms with E-state index in [0.717, 1.165) is 13.1 Å². The fourth-order valence-corrected chi connectivity index (χ4v) is 2.10. The number of nitrogens with zero attached hydrogens (tertiary/aromatic N) is 2. The van der Waals surface area contributed by atoms with Gasteiger partial charge in [-0.15, -0.1) is 0 Å². The number of likely N-dealkylation sites (N-methyl/N-ethyl adjacent to an activating group) is 1. The molecular formula is C12H17BN2O3. The fraction of sp³-hybridized carbons (Fsp3) is 0.417. The van der Waals surface area contributed by atoms with Gasteiger partial charge in [-0.25, -0.2) is 0 Å². The maximum Gasteiger partial charge on any atom is 0.489 e. The zero-order chi connectivity index (χ0) is 13.1. The minimum Gasteiger partial charge on any atom is -0.423 e. The Morgan fingerprint density at radius 1 is 1.17 bits per heavy atom. The maximum absolute atomic E-state index is 12.3. The van der Waals surface area contributed by atoms with Crippen LogP contribution < -0.4 is 5.46 Å². The van der Waals surface area contributed by atoms with Gasteiger partial charge in [0.2, 0.25) is 0 Å². The summed E-state index contributed by atoms with van der Waals surface area (Å²) in [6, 6.07) is 6.62. The van der Waals surface area contributed by atoms with Gasteiger partial charge in [0.1, 0.15) is 0 Å². The quantitative estimate of drug-likeness (QED) is 0.642. The molecular weight excluding hydrogens is 231 g/mol. The second kappa shape index (κ2) is 5.52. The first-order valence-corrected chi connectivity index (χ1v) is 6.02. The van der Waals surface area contributed by atoms with Gasteiger partial charge >= 0.3 is 7.12 Å². The van der Waals surface area contributed by atoms with Crippen molar-refractivity contribution in [3.05, 3.63) is 29.8 Å². The van der Waals surface area contributed by atoms with Crippen molar-refractivity contribution in [3.63, 3.8) is 0 Å². The molecule has 1 aliphatic heterocycles. The Morgan fingerprint density at radius 2 is 1.78 bits per heavy atom. The average Bonchev–Trinajstić information content (AvgIpc) is 2.39. The van der Waals surface area contributed by atoms with Gasteiger partial charge < -0.3 is 19.8 Å². The summed E-state index contributed by atoms with van der Waals surface area (Å²) in [5.41, 5.74) is 0.637. The molecule has 0 aliphatic carbocycles. The van der Waals surface area contributed by atoms with Crippen molar-refractivity contribution < 1.29 is 14.8 Å². The Kier molecular flexibility index (Phi) is 4.01. The zero-order valence-electron chi connectivity index (χ0n) is 10.4. The van der Waals surface area contributed by atoms with Crippen LogP contribution in [0.15, 0.2) is 24.3 Å². The first-order valence-electron chi connectivity index (χ1n) is 6.02. The molecule has 18 heavy (non-hydrogen) atoms. The SMILES string of the molecule is CN1CCN(C(=O)c2ccccc2B(O)O)CC1. The highest BCUT2D eigenvalue weighted by molar-refractivity contribution is 6.60. The van der Waals surface area contributed by atoms with Crippen LogP contribution in [0.25, 0.3) is 0 Å². The molecule has 0 unspecified atom stereocenters. The van der Waals surface area contributed by atoms with Gasteiger partial charge in [-0.1, -0.05) is 18.2 Å². The standard InChI is InChI=1S/C12H17BN2O3/c1-14-6-8-15(9-7-14)12(16)10-4-2-3-5-11(10)13(17)18/h2-5,17-18H,6-9H2,1H3. The first kappa shape index (κ1) is 13.1. The van der Waals surface area contributed by atoms with Crippen molar-refractivity contribution in [1.29, 1.82) is 0 Å². The normalized spacial score (nSPS) is 16.7. The lowest BCUT2D eigenvalue weighted by molar-refractivity contribution is 0.0665. The largest absolute Gasteiger partial charge is 0.489 e. The fourth-order valence-electron chi connectivity index (χ4n) is 2.10. The van der Waals surface area contributed by atoms with Crippen LogP contribution in [0.4, 0.5) is 0 Å². The minimum absolute atomic E-state index is 0.133. The van der Waals surface area contributed by atoms with E-state index in [1.54, 1.807) is 29.2 Å². The molecule has 0 saturated carbocycles. The molecule has 1 fully saturated rings. The number of carbonyl (C=O) groups is 1. The Bertz CT molecular complexity index is 431. The summed E-state index contributed by atoms with van der Waals surface area (Å²) in [4.78, 5) is 16.2. The monoisotopic (exact) mass is 248 g/mol. The highest BCUT2D eigenvalue weighted by Crippen LogP contribution is 2.07. The van der Waals surface area contributed by atoms with E-state index in [1.165, 1.54) is 0 Å².